The van der Waals surface area contributed by atoms with Crippen LogP contribution in [0.1, 0.15) is 18.3 Å². The first-order valence-corrected chi connectivity index (χ1v) is 11.2. The third kappa shape index (κ3) is 3.39. The molecule has 170 valence electrons. The number of aryl methyl sites for hydroxylation is 1. The summed E-state index contributed by atoms with van der Waals surface area (Å²) in [5.74, 6) is 1.76. The Morgan fingerprint density at radius 3 is 2.74 bits per heavy atom. The molecule has 0 fully saturated rings. The third-order valence-corrected chi connectivity index (χ3v) is 6.47. The number of rotatable bonds is 5. The number of benzene rings is 2. The molecule has 7 nitrogen and oxygen atoms in total. The van der Waals surface area contributed by atoms with E-state index in [-0.39, 0.29) is 17.8 Å². The Balaban J connectivity index is 1.46. The summed E-state index contributed by atoms with van der Waals surface area (Å²) in [6.45, 7) is 0.787. The lowest BCUT2D eigenvalue weighted by atomic mass is 10.1. The molecule has 6 rings (SSSR count). The molecule has 0 saturated carbocycles. The third-order valence-electron chi connectivity index (χ3n) is 6.47. The zero-order valence-electron chi connectivity index (χ0n) is 18.6. The van der Waals surface area contributed by atoms with Gasteiger partial charge in [-0.3, -0.25) is 0 Å². The Labute approximate surface area is 195 Å². The van der Waals surface area contributed by atoms with Crippen LogP contribution in [0, 0.1) is 5.82 Å². The normalized spacial score (nSPS) is 15.1. The quantitative estimate of drug-likeness (QED) is 0.409. The van der Waals surface area contributed by atoms with Gasteiger partial charge in [-0.2, -0.15) is 0 Å². The first-order valence-electron chi connectivity index (χ1n) is 11.2. The van der Waals surface area contributed by atoms with Gasteiger partial charge in [0, 0.05) is 41.8 Å². The molecular formula is C26H23FN6O. The molecule has 1 aliphatic rings. The maximum atomic E-state index is 13.6. The Morgan fingerprint density at radius 2 is 1.94 bits per heavy atom. The largest absolute Gasteiger partial charge is 0.497 e. The summed E-state index contributed by atoms with van der Waals surface area (Å²) in [4.78, 5) is 13.5. The zero-order valence-corrected chi connectivity index (χ0v) is 18.6. The number of halogens is 1. The molecule has 0 saturated heterocycles. The molecule has 0 bridgehead atoms. The SMILES string of the molecule is COc1ccc2c(ccn2CC2CCc3nc(-c4ccc(F)cc4)c(-c4ccnc(N)n4)n32)c1. The van der Waals surface area contributed by atoms with E-state index >= 15 is 0 Å². The number of hydrogen-bond donors (Lipinski definition) is 1. The smallest absolute Gasteiger partial charge is 0.220 e. The molecule has 3 aromatic heterocycles. The van der Waals surface area contributed by atoms with Gasteiger partial charge < -0.3 is 19.6 Å². The Bertz CT molecular complexity index is 1500. The fourth-order valence-electron chi connectivity index (χ4n) is 4.90. The number of nitrogens with zero attached hydrogens (tertiary/aromatic N) is 5. The van der Waals surface area contributed by atoms with E-state index in [1.807, 2.05) is 18.2 Å². The van der Waals surface area contributed by atoms with Crippen molar-refractivity contribution in [2.45, 2.75) is 25.4 Å². The fraction of sp³-hybridized carbons (Fsp3) is 0.192. The van der Waals surface area contributed by atoms with Crippen LogP contribution in [0.3, 0.4) is 0 Å². The number of hydrogen-bond acceptors (Lipinski definition) is 5. The van der Waals surface area contributed by atoms with Crippen molar-refractivity contribution < 1.29 is 9.13 Å². The molecule has 5 aromatic rings. The summed E-state index contributed by atoms with van der Waals surface area (Å²) in [6.07, 6.45) is 5.59. The molecule has 0 radical (unpaired) electrons. The minimum Gasteiger partial charge on any atom is -0.497 e. The predicted molar refractivity (Wildman–Crippen MR) is 129 cm³/mol. The van der Waals surface area contributed by atoms with Crippen molar-refractivity contribution in [1.29, 1.82) is 0 Å². The van der Waals surface area contributed by atoms with Crippen molar-refractivity contribution in [3.8, 4) is 28.4 Å². The molecule has 1 aliphatic heterocycles. The number of anilines is 1. The molecule has 34 heavy (non-hydrogen) atoms. The van der Waals surface area contributed by atoms with Crippen LogP contribution in [0.5, 0.6) is 5.75 Å². The highest BCUT2D eigenvalue weighted by atomic mass is 19.1. The van der Waals surface area contributed by atoms with Crippen molar-refractivity contribution >= 4 is 16.9 Å². The van der Waals surface area contributed by atoms with Gasteiger partial charge in [-0.25, -0.2) is 19.3 Å². The Hall–Kier alpha value is -4.20. The summed E-state index contributed by atoms with van der Waals surface area (Å²) in [6, 6.07) is 16.7. The van der Waals surface area contributed by atoms with Gasteiger partial charge in [-0.05, 0) is 61.0 Å². The molecule has 0 spiro atoms. The van der Waals surface area contributed by atoms with Crippen LogP contribution in [-0.2, 0) is 13.0 Å². The molecule has 8 heteroatoms. The topological polar surface area (TPSA) is 83.8 Å². The second kappa shape index (κ2) is 7.98. The van der Waals surface area contributed by atoms with E-state index in [1.165, 1.54) is 12.1 Å². The monoisotopic (exact) mass is 454 g/mol. The predicted octanol–water partition coefficient (Wildman–Crippen LogP) is 4.88. The number of nitrogens with two attached hydrogens (primary N) is 1. The Kier molecular flexibility index (Phi) is 4.79. The van der Waals surface area contributed by atoms with Crippen LogP contribution in [0.4, 0.5) is 10.3 Å². The van der Waals surface area contributed by atoms with E-state index in [2.05, 4.69) is 37.4 Å². The number of fused-ring (bicyclic) bond motifs is 2. The van der Waals surface area contributed by atoms with Gasteiger partial charge in [0.25, 0.3) is 0 Å². The molecular weight excluding hydrogens is 431 g/mol. The minimum absolute atomic E-state index is 0.181. The standard InChI is InChI=1S/C26H23FN6O/c1-34-20-7-8-22-17(14-20)11-13-32(22)15-19-6-9-23-31-24(16-2-4-18(27)5-3-16)25(33(19)23)21-10-12-29-26(28)30-21/h2-5,7-8,10-14,19H,6,9,15H2,1H3,(H2,28,29,30). The highest BCUT2D eigenvalue weighted by Crippen LogP contribution is 2.40. The van der Waals surface area contributed by atoms with Crippen molar-refractivity contribution in [1.82, 2.24) is 24.1 Å². The number of aromatic nitrogens is 5. The summed E-state index contributed by atoms with van der Waals surface area (Å²) < 4.78 is 23.5. The van der Waals surface area contributed by atoms with Crippen molar-refractivity contribution in [3.05, 3.63) is 78.6 Å². The highest BCUT2D eigenvalue weighted by Gasteiger charge is 2.31. The fourth-order valence-corrected chi connectivity index (χ4v) is 4.90. The molecule has 1 unspecified atom stereocenters. The first-order chi connectivity index (χ1) is 16.6. The molecule has 0 aliphatic carbocycles. The lowest BCUT2D eigenvalue weighted by molar-refractivity contribution is 0.415. The number of nitrogen functional groups attached to an aromatic ring is 1. The van der Waals surface area contributed by atoms with E-state index in [9.17, 15) is 4.39 Å². The van der Waals surface area contributed by atoms with Crippen LogP contribution < -0.4 is 10.5 Å². The average Bonchev–Trinajstić information content (AvgIpc) is 3.54. The van der Waals surface area contributed by atoms with Gasteiger partial charge in [0.15, 0.2) is 0 Å². The average molecular weight is 455 g/mol. The first kappa shape index (κ1) is 20.4. The number of methoxy groups -OCH3 is 1. The minimum atomic E-state index is -0.280. The Morgan fingerprint density at radius 1 is 1.09 bits per heavy atom. The lowest BCUT2D eigenvalue weighted by Gasteiger charge is -2.19. The molecule has 1 atom stereocenters. The van der Waals surface area contributed by atoms with Crippen LogP contribution in [0.25, 0.3) is 33.5 Å². The second-order valence-electron chi connectivity index (χ2n) is 8.49. The van der Waals surface area contributed by atoms with E-state index < -0.39 is 0 Å². The van der Waals surface area contributed by atoms with Gasteiger partial charge >= 0.3 is 0 Å². The molecule has 4 heterocycles. The van der Waals surface area contributed by atoms with E-state index in [0.717, 1.165) is 58.8 Å². The van der Waals surface area contributed by atoms with Crippen LogP contribution in [0.2, 0.25) is 0 Å². The van der Waals surface area contributed by atoms with E-state index in [0.29, 0.717) is 5.69 Å². The van der Waals surface area contributed by atoms with Gasteiger partial charge in [0.1, 0.15) is 17.4 Å². The molecule has 0 amide bonds. The summed E-state index contributed by atoms with van der Waals surface area (Å²) in [7, 11) is 1.68. The maximum Gasteiger partial charge on any atom is 0.220 e. The summed E-state index contributed by atoms with van der Waals surface area (Å²) in [5.41, 5.74) is 10.3. The van der Waals surface area contributed by atoms with Crippen LogP contribution in [-0.4, -0.2) is 31.2 Å². The summed E-state index contributed by atoms with van der Waals surface area (Å²) in [5, 5.41) is 1.14. The molecule has 2 aromatic carbocycles. The van der Waals surface area contributed by atoms with E-state index in [1.54, 1.807) is 25.4 Å². The van der Waals surface area contributed by atoms with Crippen molar-refractivity contribution in [3.63, 3.8) is 0 Å². The number of imidazole rings is 1. The van der Waals surface area contributed by atoms with Gasteiger partial charge in [0.2, 0.25) is 5.95 Å². The van der Waals surface area contributed by atoms with Crippen LogP contribution in [0.15, 0.2) is 67.0 Å². The van der Waals surface area contributed by atoms with Crippen molar-refractivity contribution in [2.75, 3.05) is 12.8 Å². The number of ether oxygens (including phenoxy) is 1. The molecule has 2 N–H and O–H groups in total. The zero-order chi connectivity index (χ0) is 23.2. The van der Waals surface area contributed by atoms with Gasteiger partial charge in [-0.15, -0.1) is 0 Å². The van der Waals surface area contributed by atoms with Gasteiger partial charge in [-0.1, -0.05) is 0 Å². The highest BCUT2D eigenvalue weighted by molar-refractivity contribution is 5.82. The lowest BCUT2D eigenvalue weighted by Crippen LogP contribution is -2.13. The van der Waals surface area contributed by atoms with Crippen LogP contribution >= 0.6 is 0 Å². The van der Waals surface area contributed by atoms with Crippen molar-refractivity contribution in [2.24, 2.45) is 0 Å². The second-order valence-corrected chi connectivity index (χ2v) is 8.49. The maximum absolute atomic E-state index is 13.6. The summed E-state index contributed by atoms with van der Waals surface area (Å²) >= 11 is 0. The van der Waals surface area contributed by atoms with Gasteiger partial charge in [0.05, 0.1) is 30.2 Å². The van der Waals surface area contributed by atoms with E-state index in [4.69, 9.17) is 15.5 Å².